The number of hydrogen-bond donors (Lipinski definition) is 2. The van der Waals surface area contributed by atoms with Gasteiger partial charge in [0, 0.05) is 51.8 Å². The minimum absolute atomic E-state index is 0.0114. The summed E-state index contributed by atoms with van der Waals surface area (Å²) in [4.78, 5) is 41.5. The van der Waals surface area contributed by atoms with Gasteiger partial charge in [0.25, 0.3) is 5.91 Å². The molecule has 2 N–H and O–H groups in total. The summed E-state index contributed by atoms with van der Waals surface area (Å²) in [7, 11) is 3.33. The van der Waals surface area contributed by atoms with E-state index >= 15 is 0 Å². The fraction of sp³-hybridized carbons (Fsp3) is 0.625. The van der Waals surface area contributed by atoms with Crippen molar-refractivity contribution in [3.8, 4) is 5.75 Å². The zero-order valence-electron chi connectivity index (χ0n) is 20.6. The lowest BCUT2D eigenvalue weighted by atomic mass is 10.0. The molecule has 9 heteroatoms. The number of hydrogen-bond acceptors (Lipinski definition) is 5. The summed E-state index contributed by atoms with van der Waals surface area (Å²) in [5.74, 6) is 0.237. The zero-order chi connectivity index (χ0) is 24.5. The molecule has 0 bridgehead atoms. The molecule has 33 heavy (non-hydrogen) atoms. The van der Waals surface area contributed by atoms with Gasteiger partial charge in [-0.15, -0.1) is 0 Å². The van der Waals surface area contributed by atoms with Crippen LogP contribution in [0.5, 0.6) is 5.75 Å². The van der Waals surface area contributed by atoms with Crippen LogP contribution in [0.2, 0.25) is 0 Å². The highest BCUT2D eigenvalue weighted by Crippen LogP contribution is 2.26. The van der Waals surface area contributed by atoms with Gasteiger partial charge in [0.2, 0.25) is 5.91 Å². The minimum atomic E-state index is -0.331. The summed E-state index contributed by atoms with van der Waals surface area (Å²) >= 11 is 0. The van der Waals surface area contributed by atoms with Crippen LogP contribution in [0.25, 0.3) is 0 Å². The molecule has 184 valence electrons. The molecule has 3 atom stereocenters. The molecule has 1 heterocycles. The van der Waals surface area contributed by atoms with Gasteiger partial charge in [-0.1, -0.05) is 20.8 Å². The highest BCUT2D eigenvalue weighted by molar-refractivity contribution is 5.99. The molecular weight excluding hydrogens is 424 g/mol. The van der Waals surface area contributed by atoms with Crippen LogP contribution in [0.3, 0.4) is 0 Å². The maximum atomic E-state index is 13.3. The molecule has 9 nitrogen and oxygen atoms in total. The van der Waals surface area contributed by atoms with Crippen molar-refractivity contribution in [3.63, 3.8) is 0 Å². The molecule has 1 aromatic rings. The standard InChI is InChI=1S/C24H38N4O5/c1-7-11-25-24(31)26-18-9-10-20-19(12-18)23(30)27(5)14-21(32-6)16(3)13-28(22(29)8-2)17(4)15-33-20/h9-10,12,16-17,21H,7-8,11,13-15H2,1-6H3,(H2,25,26,31)/t16-,17+,21+/m0/s1. The molecule has 1 aliphatic heterocycles. The number of anilines is 1. The van der Waals surface area contributed by atoms with E-state index in [0.717, 1.165) is 6.42 Å². The second-order valence-corrected chi connectivity index (χ2v) is 8.59. The molecule has 0 fully saturated rings. The molecule has 0 spiro atoms. The number of urea groups is 1. The fourth-order valence-corrected chi connectivity index (χ4v) is 3.82. The van der Waals surface area contributed by atoms with Gasteiger partial charge in [0.15, 0.2) is 0 Å². The van der Waals surface area contributed by atoms with Crippen LogP contribution in [0.1, 0.15) is 50.9 Å². The Balaban J connectivity index is 2.39. The van der Waals surface area contributed by atoms with Gasteiger partial charge in [-0.2, -0.15) is 0 Å². The molecular formula is C24H38N4O5. The summed E-state index contributed by atoms with van der Waals surface area (Å²) in [6.07, 6.45) is 0.978. The van der Waals surface area contributed by atoms with Crippen molar-refractivity contribution in [2.45, 2.75) is 52.7 Å². The summed E-state index contributed by atoms with van der Waals surface area (Å²) in [5.41, 5.74) is 0.835. The Hall–Kier alpha value is -2.81. The first-order valence-corrected chi connectivity index (χ1v) is 11.6. The van der Waals surface area contributed by atoms with Crippen LogP contribution in [-0.4, -0.2) is 80.2 Å². The van der Waals surface area contributed by atoms with Crippen LogP contribution in [0.4, 0.5) is 10.5 Å². The van der Waals surface area contributed by atoms with Crippen LogP contribution >= 0.6 is 0 Å². The monoisotopic (exact) mass is 462 g/mol. The number of amides is 4. The largest absolute Gasteiger partial charge is 0.491 e. The topological polar surface area (TPSA) is 100 Å². The Morgan fingerprint density at radius 3 is 2.58 bits per heavy atom. The van der Waals surface area contributed by atoms with E-state index in [1.807, 2.05) is 32.6 Å². The van der Waals surface area contributed by atoms with Gasteiger partial charge in [-0.25, -0.2) is 4.79 Å². The molecule has 0 saturated heterocycles. The molecule has 1 aromatic carbocycles. The molecule has 0 aromatic heterocycles. The van der Waals surface area contributed by atoms with Gasteiger partial charge in [-0.05, 0) is 31.5 Å². The van der Waals surface area contributed by atoms with Crippen molar-refractivity contribution in [1.29, 1.82) is 0 Å². The normalized spacial score (nSPS) is 21.9. The minimum Gasteiger partial charge on any atom is -0.491 e. The lowest BCUT2D eigenvalue weighted by molar-refractivity contribution is -0.135. The van der Waals surface area contributed by atoms with E-state index in [1.54, 1.807) is 37.3 Å². The summed E-state index contributed by atoms with van der Waals surface area (Å²) in [6, 6.07) is 4.48. The highest BCUT2D eigenvalue weighted by atomic mass is 16.5. The van der Waals surface area contributed by atoms with E-state index in [0.29, 0.717) is 43.1 Å². The molecule has 4 amide bonds. The number of carbonyl (C=O) groups is 3. The number of rotatable bonds is 5. The van der Waals surface area contributed by atoms with E-state index in [1.165, 1.54) is 0 Å². The summed E-state index contributed by atoms with van der Waals surface area (Å²) in [5, 5.41) is 5.51. The van der Waals surface area contributed by atoms with Gasteiger partial charge >= 0.3 is 6.03 Å². The Bertz CT molecular complexity index is 831. The maximum Gasteiger partial charge on any atom is 0.319 e. The number of ether oxygens (including phenoxy) is 2. The highest BCUT2D eigenvalue weighted by Gasteiger charge is 2.30. The van der Waals surface area contributed by atoms with Crippen molar-refractivity contribution in [3.05, 3.63) is 23.8 Å². The SMILES string of the molecule is CCCNC(=O)Nc1ccc2c(c1)C(=O)N(C)C[C@@H](OC)[C@@H](C)CN(C(=O)CC)[C@H](C)CO2. The lowest BCUT2D eigenvalue weighted by Crippen LogP contribution is -2.48. The predicted molar refractivity (Wildman–Crippen MR) is 128 cm³/mol. The quantitative estimate of drug-likeness (QED) is 0.701. The summed E-state index contributed by atoms with van der Waals surface area (Å²) < 4.78 is 11.7. The van der Waals surface area contributed by atoms with E-state index in [9.17, 15) is 14.4 Å². The molecule has 0 unspecified atom stereocenters. The zero-order valence-corrected chi connectivity index (χ0v) is 20.6. The average molecular weight is 463 g/mol. The van der Waals surface area contributed by atoms with Gasteiger partial charge in [0.05, 0.1) is 17.7 Å². The molecule has 0 saturated carbocycles. The van der Waals surface area contributed by atoms with Crippen molar-refractivity contribution in [1.82, 2.24) is 15.1 Å². The van der Waals surface area contributed by atoms with E-state index < -0.39 is 0 Å². The number of benzene rings is 1. The smallest absolute Gasteiger partial charge is 0.319 e. The van der Waals surface area contributed by atoms with Crippen molar-refractivity contribution in [2.75, 3.05) is 45.7 Å². The number of methoxy groups -OCH3 is 1. The maximum absolute atomic E-state index is 13.3. The number of carbonyl (C=O) groups excluding carboxylic acids is 3. The van der Waals surface area contributed by atoms with Crippen LogP contribution < -0.4 is 15.4 Å². The Kier molecular flexibility index (Phi) is 9.96. The second kappa shape index (κ2) is 12.4. The van der Waals surface area contributed by atoms with Crippen molar-refractivity contribution >= 4 is 23.5 Å². The van der Waals surface area contributed by atoms with Crippen LogP contribution in [0.15, 0.2) is 18.2 Å². The van der Waals surface area contributed by atoms with Gasteiger partial charge < -0.3 is 29.9 Å². The fourth-order valence-electron chi connectivity index (χ4n) is 3.82. The number of fused-ring (bicyclic) bond motifs is 1. The molecule has 2 rings (SSSR count). The van der Waals surface area contributed by atoms with Crippen LogP contribution in [-0.2, 0) is 9.53 Å². The number of nitrogens with one attached hydrogen (secondary N) is 2. The van der Waals surface area contributed by atoms with E-state index in [4.69, 9.17) is 9.47 Å². The third-order valence-electron chi connectivity index (χ3n) is 5.86. The lowest BCUT2D eigenvalue weighted by Gasteiger charge is -2.36. The number of nitrogens with zero attached hydrogens (tertiary/aromatic N) is 2. The molecule has 1 aliphatic rings. The first-order chi connectivity index (χ1) is 15.7. The Labute approximate surface area is 196 Å². The first kappa shape index (κ1) is 26.4. The summed E-state index contributed by atoms with van der Waals surface area (Å²) in [6.45, 7) is 9.44. The Morgan fingerprint density at radius 2 is 1.94 bits per heavy atom. The second-order valence-electron chi connectivity index (χ2n) is 8.59. The van der Waals surface area contributed by atoms with Crippen molar-refractivity contribution < 1.29 is 23.9 Å². The van der Waals surface area contributed by atoms with Gasteiger partial charge in [0.1, 0.15) is 12.4 Å². The number of likely N-dealkylation sites (N-methyl/N-ethyl adjacent to an activating group) is 1. The Morgan fingerprint density at radius 1 is 1.21 bits per heavy atom. The third kappa shape index (κ3) is 7.08. The van der Waals surface area contributed by atoms with Crippen molar-refractivity contribution in [2.24, 2.45) is 5.92 Å². The van der Waals surface area contributed by atoms with Gasteiger partial charge in [-0.3, -0.25) is 9.59 Å². The third-order valence-corrected chi connectivity index (χ3v) is 5.86. The van der Waals surface area contributed by atoms with E-state index in [-0.39, 0.29) is 42.5 Å². The predicted octanol–water partition coefficient (Wildman–Crippen LogP) is 2.96. The first-order valence-electron chi connectivity index (χ1n) is 11.6. The molecule has 0 aliphatic carbocycles. The molecule has 0 radical (unpaired) electrons. The van der Waals surface area contributed by atoms with Crippen LogP contribution in [0, 0.1) is 5.92 Å². The van der Waals surface area contributed by atoms with E-state index in [2.05, 4.69) is 10.6 Å². The average Bonchev–Trinajstić information content (AvgIpc) is 2.81.